The molecule has 0 aromatic heterocycles. The molecule has 0 saturated heterocycles. The van der Waals surface area contributed by atoms with Crippen molar-refractivity contribution < 1.29 is 18.0 Å². The Morgan fingerprint density at radius 3 is 2.25 bits per heavy atom. The summed E-state index contributed by atoms with van der Waals surface area (Å²) in [4.78, 5) is 11.8. The molecule has 0 unspecified atom stereocenters. The van der Waals surface area contributed by atoms with E-state index < -0.39 is 23.4 Å². The van der Waals surface area contributed by atoms with Gasteiger partial charge in [0.15, 0.2) is 17.5 Å². The van der Waals surface area contributed by atoms with Crippen LogP contribution in [0, 0.1) is 17.5 Å². The molecule has 0 spiro atoms. The average Bonchev–Trinajstić information content (AvgIpc) is 2.39. The summed E-state index contributed by atoms with van der Waals surface area (Å²) in [6.45, 7) is 0. The Balaban J connectivity index is 2.25. The number of halogens is 4. The maximum atomic E-state index is 13.0. The Kier molecular flexibility index (Phi) is 3.85. The van der Waals surface area contributed by atoms with Gasteiger partial charge in [0.1, 0.15) is 0 Å². The lowest BCUT2D eigenvalue weighted by molar-refractivity contribution is 0.102. The Hall–Kier alpha value is -2.21. The summed E-state index contributed by atoms with van der Waals surface area (Å²) in [6, 6.07) is 5.47. The van der Waals surface area contributed by atoms with Crippen LogP contribution in [-0.2, 0) is 0 Å². The smallest absolute Gasteiger partial charge is 0.255 e. The Morgan fingerprint density at radius 1 is 1.10 bits per heavy atom. The first-order chi connectivity index (χ1) is 9.38. The van der Waals surface area contributed by atoms with Crippen LogP contribution in [0.3, 0.4) is 0 Å². The normalized spacial score (nSPS) is 10.4. The summed E-state index contributed by atoms with van der Waals surface area (Å²) in [5, 5.41) is 2.51. The van der Waals surface area contributed by atoms with Crippen molar-refractivity contribution in [2.24, 2.45) is 0 Å². The van der Waals surface area contributed by atoms with E-state index in [0.29, 0.717) is 12.1 Å². The highest BCUT2D eigenvalue weighted by molar-refractivity contribution is 6.33. The van der Waals surface area contributed by atoms with Crippen molar-refractivity contribution in [3.63, 3.8) is 0 Å². The van der Waals surface area contributed by atoms with E-state index in [0.717, 1.165) is 0 Å². The minimum Gasteiger partial charge on any atom is -0.398 e. The van der Waals surface area contributed by atoms with Crippen LogP contribution in [0.5, 0.6) is 0 Å². The predicted molar refractivity (Wildman–Crippen MR) is 70.1 cm³/mol. The Bertz CT molecular complexity index is 668. The lowest BCUT2D eigenvalue weighted by Gasteiger charge is -2.07. The van der Waals surface area contributed by atoms with E-state index in [-0.39, 0.29) is 22.0 Å². The third kappa shape index (κ3) is 2.85. The minimum absolute atomic E-state index is 0.150. The number of anilines is 2. The second-order valence-corrected chi connectivity index (χ2v) is 4.35. The first-order valence-corrected chi connectivity index (χ1v) is 5.77. The number of rotatable bonds is 2. The van der Waals surface area contributed by atoms with Crippen LogP contribution in [0.25, 0.3) is 0 Å². The van der Waals surface area contributed by atoms with Gasteiger partial charge in [-0.1, -0.05) is 11.6 Å². The van der Waals surface area contributed by atoms with Crippen LogP contribution in [0.15, 0.2) is 30.3 Å². The van der Waals surface area contributed by atoms with Crippen molar-refractivity contribution in [2.45, 2.75) is 0 Å². The van der Waals surface area contributed by atoms with Crippen LogP contribution in [0.2, 0.25) is 5.02 Å². The molecule has 3 N–H and O–H groups in total. The van der Waals surface area contributed by atoms with E-state index in [4.69, 9.17) is 17.3 Å². The molecular weight excluding hydrogens is 293 g/mol. The zero-order chi connectivity index (χ0) is 14.9. The molecule has 0 atom stereocenters. The standard InChI is InChI=1S/C13H8ClF3N2O/c14-8-2-1-6(3-11(8)18)13(20)19-7-4-9(15)12(17)10(16)5-7/h1-5H,18H2,(H,19,20). The number of carbonyl (C=O) groups excluding carboxylic acids is 1. The molecule has 0 radical (unpaired) electrons. The van der Waals surface area contributed by atoms with Crippen LogP contribution < -0.4 is 11.1 Å². The van der Waals surface area contributed by atoms with Gasteiger partial charge in [-0.3, -0.25) is 4.79 Å². The number of nitrogen functional groups attached to an aromatic ring is 1. The van der Waals surface area contributed by atoms with E-state index in [1.54, 1.807) is 0 Å². The molecule has 0 aliphatic rings. The SMILES string of the molecule is Nc1cc(C(=O)Nc2cc(F)c(F)c(F)c2)ccc1Cl. The topological polar surface area (TPSA) is 55.1 Å². The summed E-state index contributed by atoms with van der Waals surface area (Å²) in [5.74, 6) is -5.04. The largest absolute Gasteiger partial charge is 0.398 e. The number of hydrogen-bond donors (Lipinski definition) is 2. The van der Waals surface area contributed by atoms with Crippen LogP contribution >= 0.6 is 11.6 Å². The van der Waals surface area contributed by atoms with Crippen molar-refractivity contribution in [3.8, 4) is 0 Å². The number of carbonyl (C=O) groups is 1. The molecule has 1 amide bonds. The molecule has 2 rings (SSSR count). The van der Waals surface area contributed by atoms with Crippen LogP contribution in [0.1, 0.15) is 10.4 Å². The summed E-state index contributed by atoms with van der Waals surface area (Å²) in [5.41, 5.74) is 5.67. The zero-order valence-corrected chi connectivity index (χ0v) is 10.6. The fourth-order valence-corrected chi connectivity index (χ4v) is 1.63. The van der Waals surface area contributed by atoms with E-state index >= 15 is 0 Å². The lowest BCUT2D eigenvalue weighted by Crippen LogP contribution is -2.13. The molecule has 3 nitrogen and oxygen atoms in total. The molecule has 0 heterocycles. The van der Waals surface area contributed by atoms with Crippen molar-refractivity contribution in [2.75, 3.05) is 11.1 Å². The second kappa shape index (κ2) is 5.42. The van der Waals surface area contributed by atoms with Crippen molar-refractivity contribution in [1.82, 2.24) is 0 Å². The maximum absolute atomic E-state index is 13.0. The second-order valence-electron chi connectivity index (χ2n) is 3.94. The molecule has 2 aromatic rings. The van der Waals surface area contributed by atoms with E-state index in [2.05, 4.69) is 5.32 Å². The van der Waals surface area contributed by atoms with Gasteiger partial charge in [0.05, 0.1) is 10.7 Å². The third-order valence-corrected chi connectivity index (χ3v) is 2.84. The Morgan fingerprint density at radius 2 is 1.70 bits per heavy atom. The zero-order valence-electron chi connectivity index (χ0n) is 9.88. The van der Waals surface area contributed by atoms with Crippen molar-refractivity contribution in [1.29, 1.82) is 0 Å². The third-order valence-electron chi connectivity index (χ3n) is 2.50. The molecule has 20 heavy (non-hydrogen) atoms. The molecule has 104 valence electrons. The summed E-state index contributed by atoms with van der Waals surface area (Å²) in [7, 11) is 0. The maximum Gasteiger partial charge on any atom is 0.255 e. The van der Waals surface area contributed by atoms with Gasteiger partial charge in [0, 0.05) is 23.4 Å². The van der Waals surface area contributed by atoms with Gasteiger partial charge in [-0.25, -0.2) is 13.2 Å². The molecule has 0 aliphatic heterocycles. The van der Waals surface area contributed by atoms with Gasteiger partial charge in [0.2, 0.25) is 0 Å². The fraction of sp³-hybridized carbons (Fsp3) is 0. The number of benzene rings is 2. The fourth-order valence-electron chi connectivity index (χ4n) is 1.52. The lowest BCUT2D eigenvalue weighted by atomic mass is 10.2. The number of hydrogen-bond acceptors (Lipinski definition) is 2. The molecule has 0 bridgehead atoms. The number of nitrogens with two attached hydrogens (primary N) is 1. The highest BCUT2D eigenvalue weighted by atomic mass is 35.5. The average molecular weight is 301 g/mol. The van der Waals surface area contributed by atoms with E-state index in [1.165, 1.54) is 18.2 Å². The monoisotopic (exact) mass is 300 g/mol. The molecular formula is C13H8ClF3N2O. The van der Waals surface area contributed by atoms with E-state index in [9.17, 15) is 18.0 Å². The van der Waals surface area contributed by atoms with E-state index in [1.807, 2.05) is 0 Å². The molecule has 0 saturated carbocycles. The van der Waals surface area contributed by atoms with Crippen LogP contribution in [0.4, 0.5) is 24.5 Å². The predicted octanol–water partition coefficient (Wildman–Crippen LogP) is 3.59. The van der Waals surface area contributed by atoms with Gasteiger partial charge in [-0.05, 0) is 18.2 Å². The van der Waals surface area contributed by atoms with Crippen LogP contribution in [-0.4, -0.2) is 5.91 Å². The van der Waals surface area contributed by atoms with Gasteiger partial charge >= 0.3 is 0 Å². The van der Waals surface area contributed by atoms with Gasteiger partial charge in [-0.2, -0.15) is 0 Å². The summed E-state index contributed by atoms with van der Waals surface area (Å²) >= 11 is 5.71. The Labute approximate surface area is 117 Å². The summed E-state index contributed by atoms with van der Waals surface area (Å²) in [6.07, 6.45) is 0. The minimum atomic E-state index is -1.60. The first-order valence-electron chi connectivity index (χ1n) is 5.39. The van der Waals surface area contributed by atoms with Gasteiger partial charge in [-0.15, -0.1) is 0 Å². The highest BCUT2D eigenvalue weighted by Crippen LogP contribution is 2.21. The summed E-state index contributed by atoms with van der Waals surface area (Å²) < 4.78 is 38.8. The number of nitrogens with one attached hydrogen (secondary N) is 1. The molecule has 7 heteroatoms. The first kappa shape index (κ1) is 14.2. The molecule has 2 aromatic carbocycles. The van der Waals surface area contributed by atoms with Gasteiger partial charge < -0.3 is 11.1 Å². The highest BCUT2D eigenvalue weighted by Gasteiger charge is 2.13. The van der Waals surface area contributed by atoms with Gasteiger partial charge in [0.25, 0.3) is 5.91 Å². The quantitative estimate of drug-likeness (QED) is 0.658. The van der Waals surface area contributed by atoms with Crippen molar-refractivity contribution in [3.05, 3.63) is 58.4 Å². The molecule has 0 fully saturated rings. The van der Waals surface area contributed by atoms with Crippen molar-refractivity contribution >= 4 is 28.9 Å². The number of amides is 1. The molecule has 0 aliphatic carbocycles.